The molecule has 0 spiro atoms. The fourth-order valence-corrected chi connectivity index (χ4v) is 3.73. The van der Waals surface area contributed by atoms with E-state index in [9.17, 15) is 19.2 Å². The number of hydrogen-bond acceptors (Lipinski definition) is 6. The molecule has 0 bridgehead atoms. The lowest BCUT2D eigenvalue weighted by Crippen LogP contribution is -2.25. The minimum Gasteiger partial charge on any atom is -0.493 e. The van der Waals surface area contributed by atoms with Gasteiger partial charge in [-0.3, -0.25) is 24.5 Å². The second kappa shape index (κ2) is 12.7. The lowest BCUT2D eigenvalue weighted by atomic mass is 10.1. The van der Waals surface area contributed by atoms with Crippen LogP contribution in [0.2, 0.25) is 5.02 Å². The molecule has 8 nitrogen and oxygen atoms in total. The van der Waals surface area contributed by atoms with Gasteiger partial charge in [0.05, 0.1) is 24.7 Å². The molecule has 1 atom stereocenters. The second-order valence-corrected chi connectivity index (χ2v) is 8.36. The third-order valence-electron chi connectivity index (χ3n) is 4.21. The number of hydrogen-bond donors (Lipinski definition) is 3. The molecule has 3 rings (SSSR count). The summed E-state index contributed by atoms with van der Waals surface area (Å²) < 4.78 is 5.73. The zero-order valence-corrected chi connectivity index (χ0v) is 18.5. The second-order valence-electron chi connectivity index (χ2n) is 6.75. The van der Waals surface area contributed by atoms with Gasteiger partial charge in [-0.15, -0.1) is 0 Å². The monoisotopic (exact) mass is 479 g/mol. The Morgan fingerprint density at radius 3 is 2.19 bits per heavy atom. The summed E-state index contributed by atoms with van der Waals surface area (Å²) in [4.78, 5) is 42.0. The molecule has 2 aromatic rings. The summed E-state index contributed by atoms with van der Waals surface area (Å²) in [7, 11) is 0. The first-order valence-electron chi connectivity index (χ1n) is 9.64. The van der Waals surface area contributed by atoms with Crippen LogP contribution in [0, 0.1) is 0 Å². The van der Waals surface area contributed by atoms with Gasteiger partial charge in [0, 0.05) is 11.4 Å². The molecule has 3 N–H and O–H groups in total. The van der Waals surface area contributed by atoms with E-state index in [1.807, 2.05) is 48.5 Å². The number of rotatable bonds is 9. The van der Waals surface area contributed by atoms with Crippen LogP contribution in [-0.2, 0) is 27.2 Å². The topological polar surface area (TPSA) is 130 Å². The molecule has 10 heteroatoms. The standard InChI is InChI=1S/C18H16ClNO3S.C4H6O4/c19-14-3-1-2-12(10-14)8-9-23-15-6-4-13(5-7-15)11-16-17(21)20-18(22)24-16;5-3(6)1-2-4(7)8/h1-7,10,16H,8-9,11H2,(H,20,21,22);1-2H2,(H,5,6)(H,7,8). The van der Waals surface area contributed by atoms with Crippen LogP contribution in [0.15, 0.2) is 48.5 Å². The van der Waals surface area contributed by atoms with E-state index in [0.717, 1.165) is 40.1 Å². The molecule has 2 aromatic carbocycles. The first-order chi connectivity index (χ1) is 15.2. The van der Waals surface area contributed by atoms with E-state index >= 15 is 0 Å². The van der Waals surface area contributed by atoms with Crippen LogP contribution in [0.5, 0.6) is 5.75 Å². The molecule has 1 aliphatic heterocycles. The third kappa shape index (κ3) is 9.40. The smallest absolute Gasteiger partial charge is 0.303 e. The number of thioether (sulfide) groups is 1. The molecule has 1 heterocycles. The van der Waals surface area contributed by atoms with Crippen molar-refractivity contribution in [3.05, 3.63) is 64.7 Å². The van der Waals surface area contributed by atoms with E-state index in [1.165, 1.54) is 0 Å². The molecule has 2 amide bonds. The van der Waals surface area contributed by atoms with Crippen molar-refractivity contribution in [2.45, 2.75) is 30.9 Å². The fraction of sp³-hybridized carbons (Fsp3) is 0.273. The largest absolute Gasteiger partial charge is 0.493 e. The number of nitrogens with one attached hydrogen (secondary N) is 1. The Bertz CT molecular complexity index is 951. The Balaban J connectivity index is 0.000000390. The van der Waals surface area contributed by atoms with Gasteiger partial charge in [-0.25, -0.2) is 0 Å². The molecule has 0 radical (unpaired) electrons. The number of benzene rings is 2. The molecule has 0 aliphatic carbocycles. The van der Waals surface area contributed by atoms with Crippen molar-refractivity contribution in [1.82, 2.24) is 5.32 Å². The highest BCUT2D eigenvalue weighted by Gasteiger charge is 2.31. The van der Waals surface area contributed by atoms with E-state index < -0.39 is 11.9 Å². The minimum absolute atomic E-state index is 0.216. The maximum absolute atomic E-state index is 11.6. The van der Waals surface area contributed by atoms with Crippen molar-refractivity contribution < 1.29 is 34.1 Å². The number of carbonyl (C=O) groups excluding carboxylic acids is 2. The van der Waals surface area contributed by atoms with Crippen LogP contribution in [0.1, 0.15) is 24.0 Å². The fourth-order valence-electron chi connectivity index (χ4n) is 2.66. The maximum Gasteiger partial charge on any atom is 0.303 e. The Hall–Kier alpha value is -3.04. The summed E-state index contributed by atoms with van der Waals surface area (Å²) in [5.74, 6) is -1.59. The van der Waals surface area contributed by atoms with Gasteiger partial charge in [-0.2, -0.15) is 0 Å². The van der Waals surface area contributed by atoms with Crippen LogP contribution in [0.4, 0.5) is 4.79 Å². The number of aliphatic carboxylic acids is 2. The molecule has 170 valence electrons. The predicted molar refractivity (Wildman–Crippen MR) is 120 cm³/mol. The Labute approximate surface area is 193 Å². The van der Waals surface area contributed by atoms with Gasteiger partial charge in [0.25, 0.3) is 5.24 Å². The van der Waals surface area contributed by atoms with Crippen molar-refractivity contribution in [3.8, 4) is 5.75 Å². The number of halogens is 1. The number of carboxylic acid groups (broad SMARTS) is 2. The lowest BCUT2D eigenvalue weighted by molar-refractivity contribution is -0.143. The number of carboxylic acids is 2. The molecule has 32 heavy (non-hydrogen) atoms. The Morgan fingerprint density at radius 1 is 1.00 bits per heavy atom. The predicted octanol–water partition coefficient (Wildman–Crippen LogP) is 3.79. The van der Waals surface area contributed by atoms with Crippen molar-refractivity contribution >= 4 is 46.4 Å². The highest BCUT2D eigenvalue weighted by atomic mass is 35.5. The normalized spacial score (nSPS) is 14.8. The summed E-state index contributed by atoms with van der Waals surface area (Å²) in [6.07, 6.45) is 0.721. The van der Waals surface area contributed by atoms with Crippen molar-refractivity contribution in [1.29, 1.82) is 0 Å². The maximum atomic E-state index is 11.6. The molecular weight excluding hydrogens is 458 g/mol. The van der Waals surface area contributed by atoms with Crippen molar-refractivity contribution in [2.24, 2.45) is 0 Å². The number of imide groups is 1. The highest BCUT2D eigenvalue weighted by Crippen LogP contribution is 2.24. The zero-order valence-electron chi connectivity index (χ0n) is 17.0. The van der Waals surface area contributed by atoms with E-state index in [0.29, 0.717) is 13.0 Å². The van der Waals surface area contributed by atoms with Crippen LogP contribution in [0.25, 0.3) is 0 Å². The van der Waals surface area contributed by atoms with Gasteiger partial charge < -0.3 is 14.9 Å². The average Bonchev–Trinajstić information content (AvgIpc) is 3.05. The molecular formula is C22H22ClNO7S. The molecule has 1 unspecified atom stereocenters. The summed E-state index contributed by atoms with van der Waals surface area (Å²) >= 11 is 7.00. The Kier molecular flexibility index (Phi) is 10.0. The zero-order chi connectivity index (χ0) is 23.5. The Morgan fingerprint density at radius 2 is 1.66 bits per heavy atom. The molecule has 1 saturated heterocycles. The average molecular weight is 480 g/mol. The van der Waals surface area contributed by atoms with Crippen molar-refractivity contribution in [3.63, 3.8) is 0 Å². The quantitative estimate of drug-likeness (QED) is 0.495. The molecule has 1 aliphatic rings. The summed E-state index contributed by atoms with van der Waals surface area (Å²) in [5, 5.41) is 18.2. The van der Waals surface area contributed by atoms with Crippen molar-refractivity contribution in [2.75, 3.05) is 6.61 Å². The molecule has 1 fully saturated rings. The van der Waals surface area contributed by atoms with E-state index in [-0.39, 0.29) is 29.2 Å². The summed E-state index contributed by atoms with van der Waals surface area (Å²) in [6, 6.07) is 15.3. The van der Waals surface area contributed by atoms with Gasteiger partial charge in [0.2, 0.25) is 5.91 Å². The first-order valence-corrected chi connectivity index (χ1v) is 10.9. The minimum atomic E-state index is -1.08. The van der Waals surface area contributed by atoms with E-state index in [1.54, 1.807) is 0 Å². The first kappa shape index (κ1) is 25.2. The number of amides is 2. The van der Waals surface area contributed by atoms with E-state index in [2.05, 4.69) is 5.32 Å². The van der Waals surface area contributed by atoms with Gasteiger partial charge in [-0.1, -0.05) is 47.6 Å². The summed E-state index contributed by atoms with van der Waals surface area (Å²) in [6.45, 7) is 0.565. The van der Waals surface area contributed by atoms with Crippen LogP contribution in [0.3, 0.4) is 0 Å². The molecule has 0 saturated carbocycles. The van der Waals surface area contributed by atoms with Crippen LogP contribution in [-0.4, -0.2) is 45.2 Å². The van der Waals surface area contributed by atoms with Gasteiger partial charge in [0.1, 0.15) is 5.75 Å². The number of ether oxygens (including phenoxy) is 1. The summed E-state index contributed by atoms with van der Waals surface area (Å²) in [5.41, 5.74) is 2.13. The highest BCUT2D eigenvalue weighted by molar-refractivity contribution is 8.15. The SMILES string of the molecule is O=C(O)CCC(=O)O.O=C1NC(=O)C(Cc2ccc(OCCc3cccc(Cl)c3)cc2)S1. The molecule has 0 aromatic heterocycles. The van der Waals surface area contributed by atoms with E-state index in [4.69, 9.17) is 26.6 Å². The van der Waals surface area contributed by atoms with Crippen LogP contribution < -0.4 is 10.1 Å². The number of carbonyl (C=O) groups is 4. The van der Waals surface area contributed by atoms with Gasteiger partial charge >= 0.3 is 11.9 Å². The van der Waals surface area contributed by atoms with Gasteiger partial charge in [0.15, 0.2) is 0 Å². The van der Waals surface area contributed by atoms with Gasteiger partial charge in [-0.05, 0) is 41.8 Å². The lowest BCUT2D eigenvalue weighted by Gasteiger charge is -2.09. The van der Waals surface area contributed by atoms with Crippen LogP contribution >= 0.6 is 23.4 Å². The third-order valence-corrected chi connectivity index (χ3v) is 5.43.